The van der Waals surface area contributed by atoms with Crippen molar-refractivity contribution in [2.75, 3.05) is 6.61 Å². The lowest BCUT2D eigenvalue weighted by molar-refractivity contribution is -0.130. The number of hydrogen-bond donors (Lipinski definition) is 3. The summed E-state index contributed by atoms with van der Waals surface area (Å²) in [6, 6.07) is 0. The van der Waals surface area contributed by atoms with E-state index in [1.807, 2.05) is 0 Å². The standard InChI is InChI=1S/C12H13ClN4O4/c13-10-8-11(15-4-14-10)17(5-16-8)12-9(20)7(19)2-1-6(3-18)21-12/h1-2,4-7,9,12,18-20H,3H2/t6-,7+,9+,12+/m0/s1. The number of aliphatic hydroxyl groups is 3. The van der Waals surface area contributed by atoms with Crippen molar-refractivity contribution in [3.8, 4) is 0 Å². The van der Waals surface area contributed by atoms with E-state index >= 15 is 0 Å². The summed E-state index contributed by atoms with van der Waals surface area (Å²) in [5.41, 5.74) is 0.729. The summed E-state index contributed by atoms with van der Waals surface area (Å²) in [6.07, 6.45) is 1.53. The number of halogens is 1. The largest absolute Gasteiger partial charge is 0.393 e. The summed E-state index contributed by atoms with van der Waals surface area (Å²) in [7, 11) is 0. The Balaban J connectivity index is 2.05. The first-order chi connectivity index (χ1) is 10.1. The highest BCUT2D eigenvalue weighted by Crippen LogP contribution is 2.27. The number of nitrogens with zero attached hydrogens (tertiary/aromatic N) is 4. The number of rotatable bonds is 2. The molecule has 3 rings (SSSR count). The third-order valence-electron chi connectivity index (χ3n) is 3.25. The highest BCUT2D eigenvalue weighted by molar-refractivity contribution is 6.33. The molecule has 8 nitrogen and oxygen atoms in total. The molecule has 0 fully saturated rings. The van der Waals surface area contributed by atoms with Crippen LogP contribution in [0.5, 0.6) is 0 Å². The van der Waals surface area contributed by atoms with Crippen LogP contribution in [-0.2, 0) is 4.74 Å². The fourth-order valence-corrected chi connectivity index (χ4v) is 2.35. The van der Waals surface area contributed by atoms with Crippen molar-refractivity contribution in [2.45, 2.75) is 24.5 Å². The van der Waals surface area contributed by atoms with Gasteiger partial charge in [0.15, 0.2) is 17.0 Å². The molecular formula is C12H13ClN4O4. The minimum absolute atomic E-state index is 0.180. The smallest absolute Gasteiger partial charge is 0.167 e. The van der Waals surface area contributed by atoms with Crippen molar-refractivity contribution in [3.05, 3.63) is 30.0 Å². The second kappa shape index (κ2) is 5.66. The molecule has 21 heavy (non-hydrogen) atoms. The van der Waals surface area contributed by atoms with Crippen LogP contribution >= 0.6 is 11.6 Å². The molecule has 2 aromatic heterocycles. The average molecular weight is 313 g/mol. The Hall–Kier alpha value is -1.58. The molecule has 0 spiro atoms. The van der Waals surface area contributed by atoms with Crippen molar-refractivity contribution in [1.82, 2.24) is 19.5 Å². The summed E-state index contributed by atoms with van der Waals surface area (Å²) in [5, 5.41) is 29.5. The zero-order valence-corrected chi connectivity index (χ0v) is 11.5. The van der Waals surface area contributed by atoms with Gasteiger partial charge < -0.3 is 20.1 Å². The van der Waals surface area contributed by atoms with Gasteiger partial charge in [0.25, 0.3) is 0 Å². The molecule has 4 atom stereocenters. The quantitative estimate of drug-likeness (QED) is 0.513. The highest BCUT2D eigenvalue weighted by atomic mass is 35.5. The van der Waals surface area contributed by atoms with Gasteiger partial charge in [-0.3, -0.25) is 4.57 Å². The van der Waals surface area contributed by atoms with Crippen molar-refractivity contribution >= 4 is 22.8 Å². The molecule has 0 amide bonds. The molecule has 0 unspecified atom stereocenters. The van der Waals surface area contributed by atoms with Crippen LogP contribution in [0.15, 0.2) is 24.8 Å². The number of aliphatic hydroxyl groups excluding tert-OH is 3. The van der Waals surface area contributed by atoms with Gasteiger partial charge in [-0.1, -0.05) is 23.8 Å². The molecule has 0 radical (unpaired) electrons. The number of imidazole rings is 1. The number of ether oxygens (including phenoxy) is 1. The van der Waals surface area contributed by atoms with Gasteiger partial charge in [-0.05, 0) is 0 Å². The lowest BCUT2D eigenvalue weighted by Gasteiger charge is -2.26. The van der Waals surface area contributed by atoms with Gasteiger partial charge in [-0.15, -0.1) is 0 Å². The topological polar surface area (TPSA) is 114 Å². The minimum atomic E-state index is -1.25. The van der Waals surface area contributed by atoms with Gasteiger partial charge in [0, 0.05) is 0 Å². The van der Waals surface area contributed by atoms with Crippen LogP contribution in [0.4, 0.5) is 0 Å². The summed E-state index contributed by atoms with van der Waals surface area (Å²) in [4.78, 5) is 12.0. The predicted octanol–water partition coefficient (Wildman–Crippen LogP) is -0.353. The minimum Gasteiger partial charge on any atom is -0.393 e. The molecule has 2 aromatic rings. The van der Waals surface area contributed by atoms with E-state index in [-0.39, 0.29) is 11.8 Å². The fourth-order valence-electron chi connectivity index (χ4n) is 2.17. The first kappa shape index (κ1) is 14.4. The van der Waals surface area contributed by atoms with E-state index in [0.717, 1.165) is 0 Å². The third kappa shape index (κ3) is 2.52. The van der Waals surface area contributed by atoms with Gasteiger partial charge in [-0.25, -0.2) is 15.0 Å². The first-order valence-electron chi connectivity index (χ1n) is 6.25. The number of fused-ring (bicyclic) bond motifs is 1. The van der Waals surface area contributed by atoms with Gasteiger partial charge in [0.1, 0.15) is 30.2 Å². The van der Waals surface area contributed by atoms with E-state index in [9.17, 15) is 15.3 Å². The van der Waals surface area contributed by atoms with Crippen LogP contribution < -0.4 is 0 Å². The monoisotopic (exact) mass is 312 g/mol. The fraction of sp³-hybridized carbons (Fsp3) is 0.417. The molecular weight excluding hydrogens is 300 g/mol. The second-order valence-corrected chi connectivity index (χ2v) is 4.96. The Labute approximate surface area is 124 Å². The highest BCUT2D eigenvalue weighted by Gasteiger charge is 2.33. The van der Waals surface area contributed by atoms with E-state index in [2.05, 4.69) is 15.0 Å². The predicted molar refractivity (Wildman–Crippen MR) is 72.5 cm³/mol. The SMILES string of the molecule is OC[C@@H]1C=C[C@@H](O)[C@@H](O)[C@H](n2cnc3c(Cl)ncnc32)O1. The van der Waals surface area contributed by atoms with E-state index in [0.29, 0.717) is 11.2 Å². The summed E-state index contributed by atoms with van der Waals surface area (Å²) < 4.78 is 7.06. The van der Waals surface area contributed by atoms with Crippen molar-refractivity contribution in [2.24, 2.45) is 0 Å². The first-order valence-corrected chi connectivity index (χ1v) is 6.63. The molecule has 3 N–H and O–H groups in total. The Bertz CT molecular complexity index is 676. The van der Waals surface area contributed by atoms with Crippen LogP contribution in [-0.4, -0.2) is 59.8 Å². The Morgan fingerprint density at radius 3 is 2.81 bits per heavy atom. The van der Waals surface area contributed by atoms with E-state index in [1.165, 1.54) is 29.4 Å². The summed E-state index contributed by atoms with van der Waals surface area (Å²) in [5.74, 6) is 0. The van der Waals surface area contributed by atoms with Crippen molar-refractivity contribution < 1.29 is 20.1 Å². The van der Waals surface area contributed by atoms with E-state index in [1.54, 1.807) is 0 Å². The lowest BCUT2D eigenvalue weighted by Crippen LogP contribution is -2.35. The van der Waals surface area contributed by atoms with E-state index in [4.69, 9.17) is 16.3 Å². The normalized spacial score (nSPS) is 29.7. The molecule has 9 heteroatoms. The van der Waals surface area contributed by atoms with Gasteiger partial charge >= 0.3 is 0 Å². The molecule has 3 heterocycles. The third-order valence-corrected chi connectivity index (χ3v) is 3.52. The average Bonchev–Trinajstić information content (AvgIpc) is 2.86. The maximum absolute atomic E-state index is 10.2. The van der Waals surface area contributed by atoms with Crippen LogP contribution in [0, 0.1) is 0 Å². The lowest BCUT2D eigenvalue weighted by atomic mass is 10.1. The van der Waals surface area contributed by atoms with Gasteiger partial charge in [-0.2, -0.15) is 0 Å². The summed E-state index contributed by atoms with van der Waals surface area (Å²) in [6.45, 7) is -0.283. The molecule has 1 aliphatic heterocycles. The number of hydrogen-bond acceptors (Lipinski definition) is 7. The van der Waals surface area contributed by atoms with Gasteiger partial charge in [0.05, 0.1) is 12.9 Å². The molecule has 0 saturated carbocycles. The molecule has 1 aliphatic rings. The zero-order valence-electron chi connectivity index (χ0n) is 10.7. The Morgan fingerprint density at radius 1 is 1.24 bits per heavy atom. The second-order valence-electron chi connectivity index (χ2n) is 4.60. The van der Waals surface area contributed by atoms with Crippen LogP contribution in [0.25, 0.3) is 11.2 Å². The zero-order chi connectivity index (χ0) is 15.0. The van der Waals surface area contributed by atoms with E-state index < -0.39 is 24.5 Å². The number of aromatic nitrogens is 4. The molecule has 0 aromatic carbocycles. The van der Waals surface area contributed by atoms with Crippen LogP contribution in [0.2, 0.25) is 5.15 Å². The molecule has 0 saturated heterocycles. The molecule has 0 aliphatic carbocycles. The molecule has 112 valence electrons. The van der Waals surface area contributed by atoms with Crippen molar-refractivity contribution in [1.29, 1.82) is 0 Å². The van der Waals surface area contributed by atoms with Crippen LogP contribution in [0.3, 0.4) is 0 Å². The van der Waals surface area contributed by atoms with Gasteiger partial charge in [0.2, 0.25) is 0 Å². The Morgan fingerprint density at radius 2 is 2.05 bits per heavy atom. The van der Waals surface area contributed by atoms with Crippen LogP contribution in [0.1, 0.15) is 6.23 Å². The Kier molecular flexibility index (Phi) is 3.87. The van der Waals surface area contributed by atoms with Crippen molar-refractivity contribution in [3.63, 3.8) is 0 Å². The summed E-state index contributed by atoms with van der Waals surface area (Å²) >= 11 is 5.93. The maximum atomic E-state index is 10.2. The molecule has 0 bridgehead atoms. The maximum Gasteiger partial charge on any atom is 0.167 e.